The first-order chi connectivity index (χ1) is 11.2. The molecule has 0 bridgehead atoms. The summed E-state index contributed by atoms with van der Waals surface area (Å²) in [6.07, 6.45) is 0. The molecule has 1 N–H and O–H groups in total. The zero-order valence-corrected chi connectivity index (χ0v) is 13.4. The van der Waals surface area contributed by atoms with Gasteiger partial charge >= 0.3 is 5.97 Å². The number of carbonyl (C=O) groups excluding carboxylic acids is 1. The first kappa shape index (κ1) is 16.7. The van der Waals surface area contributed by atoms with Crippen LogP contribution in [-0.4, -0.2) is 32.8 Å². The van der Waals surface area contributed by atoms with E-state index in [-0.39, 0.29) is 5.97 Å². The quantitative estimate of drug-likeness (QED) is 0.598. The van der Waals surface area contributed by atoms with Crippen molar-refractivity contribution in [2.75, 3.05) is 32.2 Å². The van der Waals surface area contributed by atoms with Gasteiger partial charge in [0.25, 0.3) is 0 Å². The number of benzene rings is 2. The van der Waals surface area contributed by atoms with E-state index in [1.54, 1.807) is 26.2 Å². The minimum absolute atomic E-state index is 0.304. The standard InChI is InChI=1S/C18H21NO4/c1-3-22-18(20)14-4-6-15(7-5-14)19-12-13-23-17-10-8-16(21-2)9-11-17/h4-11,19H,3,12-13H2,1-2H3. The summed E-state index contributed by atoms with van der Waals surface area (Å²) in [5.41, 5.74) is 1.48. The van der Waals surface area contributed by atoms with Crippen LogP contribution >= 0.6 is 0 Å². The van der Waals surface area contributed by atoms with Gasteiger partial charge < -0.3 is 19.5 Å². The second kappa shape index (κ2) is 8.68. The lowest BCUT2D eigenvalue weighted by molar-refractivity contribution is 0.0526. The minimum atomic E-state index is -0.304. The first-order valence-electron chi connectivity index (χ1n) is 7.51. The summed E-state index contributed by atoms with van der Waals surface area (Å²) in [5.74, 6) is 1.30. The van der Waals surface area contributed by atoms with Gasteiger partial charge in [0.15, 0.2) is 0 Å². The fourth-order valence-electron chi connectivity index (χ4n) is 1.97. The Bertz CT molecular complexity index is 608. The van der Waals surface area contributed by atoms with E-state index in [0.717, 1.165) is 17.2 Å². The molecule has 2 aromatic rings. The number of hydrogen-bond donors (Lipinski definition) is 1. The fourth-order valence-corrected chi connectivity index (χ4v) is 1.97. The normalized spacial score (nSPS) is 10.0. The second-order valence-electron chi connectivity index (χ2n) is 4.75. The van der Waals surface area contributed by atoms with E-state index >= 15 is 0 Å². The van der Waals surface area contributed by atoms with Crippen LogP contribution in [-0.2, 0) is 4.74 Å². The van der Waals surface area contributed by atoms with Crippen molar-refractivity contribution in [1.82, 2.24) is 0 Å². The summed E-state index contributed by atoms with van der Waals surface area (Å²) in [6, 6.07) is 14.6. The highest BCUT2D eigenvalue weighted by atomic mass is 16.5. The zero-order valence-electron chi connectivity index (χ0n) is 13.4. The Morgan fingerprint density at radius 1 is 1.00 bits per heavy atom. The maximum atomic E-state index is 11.5. The van der Waals surface area contributed by atoms with Gasteiger partial charge in [0.2, 0.25) is 0 Å². The third-order valence-electron chi connectivity index (χ3n) is 3.16. The lowest BCUT2D eigenvalue weighted by Crippen LogP contribution is -2.11. The molecule has 23 heavy (non-hydrogen) atoms. The van der Waals surface area contributed by atoms with Gasteiger partial charge in [0, 0.05) is 12.2 Å². The van der Waals surface area contributed by atoms with Gasteiger partial charge in [-0.15, -0.1) is 0 Å². The van der Waals surface area contributed by atoms with Crippen molar-refractivity contribution in [3.63, 3.8) is 0 Å². The van der Waals surface area contributed by atoms with Crippen molar-refractivity contribution in [1.29, 1.82) is 0 Å². The van der Waals surface area contributed by atoms with Crippen molar-refractivity contribution in [3.8, 4) is 11.5 Å². The molecular formula is C18H21NO4. The van der Waals surface area contributed by atoms with Gasteiger partial charge in [-0.25, -0.2) is 4.79 Å². The molecular weight excluding hydrogens is 294 g/mol. The van der Waals surface area contributed by atoms with Crippen molar-refractivity contribution >= 4 is 11.7 Å². The van der Waals surface area contributed by atoms with Gasteiger partial charge in [-0.3, -0.25) is 0 Å². The number of anilines is 1. The van der Waals surface area contributed by atoms with Crippen LogP contribution in [0.5, 0.6) is 11.5 Å². The molecule has 0 amide bonds. The summed E-state index contributed by atoms with van der Waals surface area (Å²) >= 11 is 0. The molecule has 0 atom stereocenters. The van der Waals surface area contributed by atoms with Gasteiger partial charge in [-0.05, 0) is 55.5 Å². The third-order valence-corrected chi connectivity index (χ3v) is 3.16. The Kier molecular flexibility index (Phi) is 6.29. The number of hydrogen-bond acceptors (Lipinski definition) is 5. The van der Waals surface area contributed by atoms with Crippen LogP contribution in [0.1, 0.15) is 17.3 Å². The summed E-state index contributed by atoms with van der Waals surface area (Å²) in [4.78, 5) is 11.5. The molecule has 0 saturated carbocycles. The molecule has 5 heteroatoms. The molecule has 0 aliphatic carbocycles. The van der Waals surface area contributed by atoms with Gasteiger partial charge in [-0.2, -0.15) is 0 Å². The Morgan fingerprint density at radius 2 is 1.65 bits per heavy atom. The molecule has 0 saturated heterocycles. The average molecular weight is 315 g/mol. The van der Waals surface area contributed by atoms with Crippen LogP contribution in [0.25, 0.3) is 0 Å². The Balaban J connectivity index is 1.74. The molecule has 0 spiro atoms. The fraction of sp³-hybridized carbons (Fsp3) is 0.278. The molecule has 2 rings (SSSR count). The number of ether oxygens (including phenoxy) is 3. The highest BCUT2D eigenvalue weighted by molar-refractivity contribution is 5.89. The van der Waals surface area contributed by atoms with Crippen LogP contribution in [0.2, 0.25) is 0 Å². The molecule has 122 valence electrons. The predicted molar refractivity (Wildman–Crippen MR) is 89.4 cm³/mol. The Labute approximate surface area is 136 Å². The first-order valence-corrected chi connectivity index (χ1v) is 7.51. The van der Waals surface area contributed by atoms with E-state index in [1.807, 2.05) is 36.4 Å². The topological polar surface area (TPSA) is 56.8 Å². The second-order valence-corrected chi connectivity index (χ2v) is 4.75. The number of rotatable bonds is 8. The highest BCUT2D eigenvalue weighted by Gasteiger charge is 2.05. The number of carbonyl (C=O) groups is 1. The van der Waals surface area contributed by atoms with Crippen LogP contribution in [0.4, 0.5) is 5.69 Å². The molecule has 5 nitrogen and oxygen atoms in total. The SMILES string of the molecule is CCOC(=O)c1ccc(NCCOc2ccc(OC)cc2)cc1. The largest absolute Gasteiger partial charge is 0.497 e. The van der Waals surface area contributed by atoms with E-state index in [0.29, 0.717) is 25.3 Å². The molecule has 0 radical (unpaired) electrons. The monoisotopic (exact) mass is 315 g/mol. The van der Waals surface area contributed by atoms with E-state index < -0.39 is 0 Å². The average Bonchev–Trinajstić information content (AvgIpc) is 2.60. The minimum Gasteiger partial charge on any atom is -0.497 e. The van der Waals surface area contributed by atoms with E-state index in [9.17, 15) is 4.79 Å². The lowest BCUT2D eigenvalue weighted by Gasteiger charge is -2.09. The Hall–Kier alpha value is -2.69. The van der Waals surface area contributed by atoms with E-state index in [2.05, 4.69) is 5.32 Å². The van der Waals surface area contributed by atoms with Crippen LogP contribution in [0, 0.1) is 0 Å². The van der Waals surface area contributed by atoms with E-state index in [1.165, 1.54) is 0 Å². The molecule has 0 unspecified atom stereocenters. The van der Waals surface area contributed by atoms with Gasteiger partial charge in [-0.1, -0.05) is 0 Å². The van der Waals surface area contributed by atoms with Crippen molar-refractivity contribution < 1.29 is 19.0 Å². The zero-order chi connectivity index (χ0) is 16.5. The van der Waals surface area contributed by atoms with Crippen molar-refractivity contribution in [2.45, 2.75) is 6.92 Å². The van der Waals surface area contributed by atoms with E-state index in [4.69, 9.17) is 14.2 Å². The van der Waals surface area contributed by atoms with Gasteiger partial charge in [0.05, 0.1) is 19.3 Å². The van der Waals surface area contributed by atoms with Crippen LogP contribution < -0.4 is 14.8 Å². The molecule has 2 aromatic carbocycles. The molecule has 0 aliphatic heterocycles. The maximum absolute atomic E-state index is 11.5. The van der Waals surface area contributed by atoms with Gasteiger partial charge in [0.1, 0.15) is 18.1 Å². The summed E-state index contributed by atoms with van der Waals surface area (Å²) in [6.45, 7) is 3.36. The van der Waals surface area contributed by atoms with Crippen molar-refractivity contribution in [2.24, 2.45) is 0 Å². The molecule has 0 heterocycles. The smallest absolute Gasteiger partial charge is 0.338 e. The summed E-state index contributed by atoms with van der Waals surface area (Å²) < 4.78 is 15.7. The predicted octanol–water partition coefficient (Wildman–Crippen LogP) is 3.36. The summed E-state index contributed by atoms with van der Waals surface area (Å²) in [7, 11) is 1.63. The highest BCUT2D eigenvalue weighted by Crippen LogP contribution is 2.17. The maximum Gasteiger partial charge on any atom is 0.338 e. The third kappa shape index (κ3) is 5.21. The Morgan fingerprint density at radius 3 is 2.26 bits per heavy atom. The molecule has 0 fully saturated rings. The number of nitrogens with one attached hydrogen (secondary N) is 1. The lowest BCUT2D eigenvalue weighted by atomic mass is 10.2. The number of esters is 1. The number of methoxy groups -OCH3 is 1. The van der Waals surface area contributed by atoms with Crippen molar-refractivity contribution in [3.05, 3.63) is 54.1 Å². The van der Waals surface area contributed by atoms with Crippen LogP contribution in [0.15, 0.2) is 48.5 Å². The van der Waals surface area contributed by atoms with Crippen LogP contribution in [0.3, 0.4) is 0 Å². The summed E-state index contributed by atoms with van der Waals surface area (Å²) in [5, 5.41) is 3.23. The molecule has 0 aromatic heterocycles. The molecule has 0 aliphatic rings.